The van der Waals surface area contributed by atoms with E-state index in [4.69, 9.17) is 5.10 Å². The van der Waals surface area contributed by atoms with Crippen molar-refractivity contribution in [3.63, 3.8) is 0 Å². The number of rotatable bonds is 2. The summed E-state index contributed by atoms with van der Waals surface area (Å²) < 4.78 is 5.77. The number of hydrogen-bond acceptors (Lipinski definition) is 3. The zero-order chi connectivity index (χ0) is 20.7. The summed E-state index contributed by atoms with van der Waals surface area (Å²) in [7, 11) is 0. The number of aromatic nitrogens is 3. The molecule has 0 saturated heterocycles. The summed E-state index contributed by atoms with van der Waals surface area (Å²) in [6.45, 7) is 5.24. The van der Waals surface area contributed by atoms with E-state index < -0.39 is 0 Å². The number of aryl methyl sites for hydroxylation is 2. The number of hydrogen-bond donors (Lipinski definition) is 0. The van der Waals surface area contributed by atoms with Crippen LogP contribution in [0.1, 0.15) is 12.6 Å². The molecule has 5 aromatic heterocycles. The summed E-state index contributed by atoms with van der Waals surface area (Å²) in [5.74, 6) is 0. The fourth-order valence-electron chi connectivity index (χ4n) is 4.98. The van der Waals surface area contributed by atoms with E-state index in [0.29, 0.717) is 0 Å². The van der Waals surface area contributed by atoms with Crippen LogP contribution in [0.15, 0.2) is 60.0 Å². The Morgan fingerprint density at radius 2 is 1.78 bits per heavy atom. The maximum atomic E-state index is 4.78. The van der Waals surface area contributed by atoms with Crippen LogP contribution in [0.5, 0.6) is 0 Å². The summed E-state index contributed by atoms with van der Waals surface area (Å²) in [5.41, 5.74) is 7.13. The van der Waals surface area contributed by atoms with Crippen molar-refractivity contribution in [3.05, 3.63) is 71.1 Å². The van der Waals surface area contributed by atoms with Crippen LogP contribution < -0.4 is 0 Å². The Morgan fingerprint density at radius 3 is 2.66 bits per heavy atom. The molecule has 0 aliphatic heterocycles. The molecule has 0 unspecified atom stereocenters. The van der Waals surface area contributed by atoms with Crippen LogP contribution >= 0.6 is 22.7 Å². The molecule has 0 spiro atoms. The minimum Gasteiger partial charge on any atom is -0.341 e. The van der Waals surface area contributed by atoms with Crippen LogP contribution in [0.4, 0.5) is 0 Å². The Kier molecular flexibility index (Phi) is 4.56. The molecule has 0 aliphatic carbocycles. The van der Waals surface area contributed by atoms with Crippen molar-refractivity contribution in [2.24, 2.45) is 0 Å². The summed E-state index contributed by atoms with van der Waals surface area (Å²) in [6.07, 6.45) is 0. The quantitative estimate of drug-likeness (QED) is 0.180. The van der Waals surface area contributed by atoms with Gasteiger partial charge in [0, 0.05) is 53.2 Å². The summed E-state index contributed by atoms with van der Waals surface area (Å²) in [6, 6.07) is 20.0. The summed E-state index contributed by atoms with van der Waals surface area (Å²) in [5, 5.41) is 15.7. The van der Waals surface area contributed by atoms with Gasteiger partial charge in [-0.15, -0.1) is 21.6 Å². The topological polar surface area (TPSA) is 22.2 Å². The molecule has 0 aliphatic rings. The van der Waals surface area contributed by atoms with E-state index in [0.717, 1.165) is 17.8 Å². The van der Waals surface area contributed by atoms with Crippen molar-refractivity contribution in [3.8, 4) is 10.4 Å². The Balaban J connectivity index is 0.00000196. The Morgan fingerprint density at radius 1 is 0.938 bits per heavy atom. The predicted octanol–water partition coefficient (Wildman–Crippen LogP) is 7.66. The molecule has 2 aromatic carbocycles. The molecule has 6 heteroatoms. The molecule has 1 radical (unpaired) electrons. The van der Waals surface area contributed by atoms with E-state index >= 15 is 0 Å². The zero-order valence-corrected chi connectivity index (χ0v) is 21.5. The fraction of sp³-hybridized carbons (Fsp3) is 0.115. The maximum absolute atomic E-state index is 4.78. The number of fused-ring (bicyclic) bond motifs is 9. The van der Waals surface area contributed by atoms with Gasteiger partial charge in [0.1, 0.15) is 0 Å². The van der Waals surface area contributed by atoms with Gasteiger partial charge in [0.25, 0.3) is 0 Å². The Hall–Kier alpha value is -2.50. The molecule has 3 nitrogen and oxygen atoms in total. The van der Waals surface area contributed by atoms with Gasteiger partial charge in [-0.05, 0) is 42.9 Å². The van der Waals surface area contributed by atoms with Gasteiger partial charge in [0.05, 0.1) is 11.2 Å². The van der Waals surface area contributed by atoms with Crippen LogP contribution in [0, 0.1) is 12.3 Å². The van der Waals surface area contributed by atoms with Crippen molar-refractivity contribution < 1.29 is 20.1 Å². The van der Waals surface area contributed by atoms with E-state index in [2.05, 4.69) is 88.3 Å². The zero-order valence-electron chi connectivity index (χ0n) is 17.5. The molecule has 7 rings (SSSR count). The summed E-state index contributed by atoms with van der Waals surface area (Å²) in [4.78, 5) is 1.27. The SMILES string of the molecule is CCn1c2ccccc2c2cc(-c3s[c-]c4c3c3ccsc3c3cc(C)nn43)ccc21.[Ir]. The van der Waals surface area contributed by atoms with Crippen molar-refractivity contribution in [2.75, 3.05) is 0 Å². The largest absolute Gasteiger partial charge is 0.341 e. The number of para-hydroxylation sites is 1. The maximum Gasteiger partial charge on any atom is 0.0813 e. The third kappa shape index (κ3) is 2.58. The second-order valence-electron chi connectivity index (χ2n) is 8.00. The van der Waals surface area contributed by atoms with Gasteiger partial charge in [-0.1, -0.05) is 52.7 Å². The minimum atomic E-state index is 0. The molecule has 0 bridgehead atoms. The van der Waals surface area contributed by atoms with Gasteiger partial charge in [0.15, 0.2) is 0 Å². The van der Waals surface area contributed by atoms with Gasteiger partial charge in [-0.25, -0.2) is 0 Å². The number of thiophene rings is 2. The minimum absolute atomic E-state index is 0. The van der Waals surface area contributed by atoms with E-state index in [1.165, 1.54) is 53.2 Å². The number of nitrogens with zero attached hydrogens (tertiary/aromatic N) is 3. The van der Waals surface area contributed by atoms with E-state index in [1.54, 1.807) is 22.7 Å². The first-order valence-electron chi connectivity index (χ1n) is 10.5. The molecule has 0 N–H and O–H groups in total. The van der Waals surface area contributed by atoms with Crippen molar-refractivity contribution in [1.82, 2.24) is 14.2 Å². The molecule has 0 fully saturated rings. The molecule has 32 heavy (non-hydrogen) atoms. The van der Waals surface area contributed by atoms with E-state index in [1.807, 2.05) is 0 Å². The molecule has 0 saturated carbocycles. The van der Waals surface area contributed by atoms with Gasteiger partial charge >= 0.3 is 0 Å². The van der Waals surface area contributed by atoms with E-state index in [9.17, 15) is 0 Å². The van der Waals surface area contributed by atoms with Gasteiger partial charge in [-0.3, -0.25) is 15.9 Å². The third-order valence-electron chi connectivity index (χ3n) is 6.27. The van der Waals surface area contributed by atoms with Crippen molar-refractivity contribution in [2.45, 2.75) is 20.4 Å². The third-order valence-corrected chi connectivity index (χ3v) is 8.15. The first kappa shape index (κ1) is 20.1. The Bertz CT molecular complexity index is 1800. The first-order valence-corrected chi connectivity index (χ1v) is 12.2. The average molecular weight is 629 g/mol. The van der Waals surface area contributed by atoms with Gasteiger partial charge in [-0.2, -0.15) is 5.10 Å². The smallest absolute Gasteiger partial charge is 0.0813 e. The molecular formula is C26H18IrN3S2-. The van der Waals surface area contributed by atoms with Crippen LogP contribution in [-0.4, -0.2) is 14.2 Å². The molecule has 0 amide bonds. The molecule has 0 atom stereocenters. The average Bonchev–Trinajstić information content (AvgIpc) is 3.55. The molecule has 7 aromatic rings. The molecule has 159 valence electrons. The van der Waals surface area contributed by atoms with Crippen LogP contribution in [0.3, 0.4) is 0 Å². The number of pyridine rings is 1. The monoisotopic (exact) mass is 629 g/mol. The van der Waals surface area contributed by atoms with E-state index in [-0.39, 0.29) is 20.1 Å². The van der Waals surface area contributed by atoms with Crippen LogP contribution in [0.25, 0.3) is 58.8 Å². The normalized spacial score (nSPS) is 11.9. The molecule has 5 heterocycles. The standard InChI is InChI=1S/C26H18N3S2.Ir/c1-3-28-20-7-5-4-6-17(20)19-13-16(8-9-21(19)28)25-24-18-10-11-30-26(18)22-12-15(2)27-29(22)23(24)14-31-25;/h4-13H,3H2,1-2H3;/q-1;. The second kappa shape index (κ2) is 7.26. The second-order valence-corrected chi connectivity index (χ2v) is 9.73. The molecular weight excluding hydrogens is 611 g/mol. The van der Waals surface area contributed by atoms with Crippen LogP contribution in [-0.2, 0) is 26.7 Å². The van der Waals surface area contributed by atoms with Crippen molar-refractivity contribution in [1.29, 1.82) is 0 Å². The van der Waals surface area contributed by atoms with Gasteiger partial charge < -0.3 is 4.57 Å². The number of benzene rings is 2. The predicted molar refractivity (Wildman–Crippen MR) is 134 cm³/mol. The van der Waals surface area contributed by atoms with Gasteiger partial charge in [0.2, 0.25) is 0 Å². The first-order chi connectivity index (χ1) is 15.2. The summed E-state index contributed by atoms with van der Waals surface area (Å²) >= 11 is 3.49. The van der Waals surface area contributed by atoms with Crippen molar-refractivity contribution >= 4 is 71.0 Å². The van der Waals surface area contributed by atoms with Crippen LogP contribution in [0.2, 0.25) is 0 Å². The fourth-order valence-corrected chi connectivity index (χ4v) is 6.83. The Labute approximate surface area is 206 Å².